The zero-order valence-corrected chi connectivity index (χ0v) is 9.66. The summed E-state index contributed by atoms with van der Waals surface area (Å²) in [4.78, 5) is 2.41. The molecule has 0 spiro atoms. The molecule has 1 aliphatic carbocycles. The Morgan fingerprint density at radius 2 is 2.07 bits per heavy atom. The average molecular weight is 194 g/mol. The topological polar surface area (TPSA) is 27.0 Å². The van der Waals surface area contributed by atoms with Crippen LogP contribution in [0.2, 0.25) is 0 Å². The van der Waals surface area contributed by atoms with E-state index in [1.165, 1.54) is 25.7 Å². The zero-order valence-electron chi connectivity index (χ0n) is 9.66. The SMILES string of the molecule is CC1CCCCC1N(C)C(C)CC#N. The highest BCUT2D eigenvalue weighted by Gasteiger charge is 2.27. The van der Waals surface area contributed by atoms with Crippen molar-refractivity contribution in [2.24, 2.45) is 5.92 Å². The van der Waals surface area contributed by atoms with E-state index in [1.54, 1.807) is 0 Å². The Morgan fingerprint density at radius 3 is 2.64 bits per heavy atom. The number of nitrogens with zero attached hydrogens (tertiary/aromatic N) is 2. The molecule has 0 N–H and O–H groups in total. The van der Waals surface area contributed by atoms with Crippen molar-refractivity contribution in [1.29, 1.82) is 5.26 Å². The predicted molar refractivity (Wildman–Crippen MR) is 58.9 cm³/mol. The summed E-state index contributed by atoms with van der Waals surface area (Å²) in [5.41, 5.74) is 0. The lowest BCUT2D eigenvalue weighted by molar-refractivity contribution is 0.105. The molecule has 0 amide bonds. The molecule has 80 valence electrons. The van der Waals surface area contributed by atoms with Crippen molar-refractivity contribution < 1.29 is 0 Å². The van der Waals surface area contributed by atoms with Gasteiger partial charge in [0.1, 0.15) is 0 Å². The Balaban J connectivity index is 2.49. The first-order valence-electron chi connectivity index (χ1n) is 5.75. The van der Waals surface area contributed by atoms with E-state index in [-0.39, 0.29) is 0 Å². The fraction of sp³-hybridized carbons (Fsp3) is 0.917. The van der Waals surface area contributed by atoms with Gasteiger partial charge >= 0.3 is 0 Å². The number of nitriles is 1. The van der Waals surface area contributed by atoms with Gasteiger partial charge in [-0.25, -0.2) is 0 Å². The molecule has 0 bridgehead atoms. The van der Waals surface area contributed by atoms with Crippen molar-refractivity contribution in [2.45, 2.75) is 58.0 Å². The van der Waals surface area contributed by atoms with Crippen molar-refractivity contribution >= 4 is 0 Å². The van der Waals surface area contributed by atoms with Crippen molar-refractivity contribution in [2.75, 3.05) is 7.05 Å². The van der Waals surface area contributed by atoms with Crippen molar-refractivity contribution in [3.8, 4) is 6.07 Å². The predicted octanol–water partition coefficient (Wildman–Crippen LogP) is 2.80. The van der Waals surface area contributed by atoms with Gasteiger partial charge in [-0.05, 0) is 32.7 Å². The Morgan fingerprint density at radius 1 is 1.43 bits per heavy atom. The van der Waals surface area contributed by atoms with Crippen LogP contribution in [-0.4, -0.2) is 24.0 Å². The lowest BCUT2D eigenvalue weighted by Gasteiger charge is -2.39. The molecule has 2 heteroatoms. The van der Waals surface area contributed by atoms with Gasteiger partial charge in [0.05, 0.1) is 12.5 Å². The van der Waals surface area contributed by atoms with Gasteiger partial charge in [0.25, 0.3) is 0 Å². The number of rotatable bonds is 3. The first-order chi connectivity index (χ1) is 6.66. The molecule has 3 unspecified atom stereocenters. The van der Waals surface area contributed by atoms with Crippen LogP contribution in [0.1, 0.15) is 46.0 Å². The molecular weight excluding hydrogens is 172 g/mol. The van der Waals surface area contributed by atoms with E-state index < -0.39 is 0 Å². The molecule has 2 nitrogen and oxygen atoms in total. The molecular formula is C12H22N2. The third-order valence-electron chi connectivity index (χ3n) is 3.67. The molecule has 1 rings (SSSR count). The van der Waals surface area contributed by atoms with Gasteiger partial charge in [-0.1, -0.05) is 19.8 Å². The van der Waals surface area contributed by atoms with Crippen LogP contribution in [0, 0.1) is 17.2 Å². The molecule has 0 heterocycles. The van der Waals surface area contributed by atoms with Gasteiger partial charge in [0.2, 0.25) is 0 Å². The van der Waals surface area contributed by atoms with Gasteiger partial charge < -0.3 is 0 Å². The molecule has 0 aromatic carbocycles. The lowest BCUT2D eigenvalue weighted by atomic mass is 9.84. The largest absolute Gasteiger partial charge is 0.299 e. The van der Waals surface area contributed by atoms with Gasteiger partial charge in [-0.2, -0.15) is 5.26 Å². The molecule has 0 radical (unpaired) electrons. The first-order valence-corrected chi connectivity index (χ1v) is 5.75. The summed E-state index contributed by atoms with van der Waals surface area (Å²) >= 11 is 0. The Bertz CT molecular complexity index is 207. The zero-order chi connectivity index (χ0) is 10.6. The van der Waals surface area contributed by atoms with E-state index in [0.717, 1.165) is 5.92 Å². The molecule has 0 aromatic rings. The minimum atomic E-state index is 0.408. The Labute approximate surface area is 87.9 Å². The highest BCUT2D eigenvalue weighted by molar-refractivity contribution is 4.85. The van der Waals surface area contributed by atoms with Crippen LogP contribution >= 0.6 is 0 Å². The first kappa shape index (κ1) is 11.5. The third-order valence-corrected chi connectivity index (χ3v) is 3.67. The second-order valence-electron chi connectivity index (χ2n) is 4.71. The molecule has 3 atom stereocenters. The maximum atomic E-state index is 8.67. The van der Waals surface area contributed by atoms with Crippen LogP contribution in [-0.2, 0) is 0 Å². The second-order valence-corrected chi connectivity index (χ2v) is 4.71. The molecule has 0 saturated heterocycles. The van der Waals surface area contributed by atoms with Crippen molar-refractivity contribution in [3.05, 3.63) is 0 Å². The molecule has 1 aliphatic rings. The number of hydrogen-bond acceptors (Lipinski definition) is 2. The fourth-order valence-corrected chi connectivity index (χ4v) is 2.50. The minimum Gasteiger partial charge on any atom is -0.299 e. The van der Waals surface area contributed by atoms with Crippen molar-refractivity contribution in [3.63, 3.8) is 0 Å². The minimum absolute atomic E-state index is 0.408. The molecule has 0 aliphatic heterocycles. The smallest absolute Gasteiger partial charge is 0.0638 e. The van der Waals surface area contributed by atoms with Gasteiger partial charge in [-0.15, -0.1) is 0 Å². The average Bonchev–Trinajstić information content (AvgIpc) is 2.18. The Kier molecular flexibility index (Phi) is 4.41. The summed E-state index contributed by atoms with van der Waals surface area (Å²) < 4.78 is 0. The van der Waals surface area contributed by atoms with E-state index in [0.29, 0.717) is 18.5 Å². The van der Waals surface area contributed by atoms with Crippen LogP contribution in [0.25, 0.3) is 0 Å². The summed E-state index contributed by atoms with van der Waals surface area (Å²) in [6.07, 6.45) is 6.07. The lowest BCUT2D eigenvalue weighted by Crippen LogP contribution is -2.43. The van der Waals surface area contributed by atoms with Crippen LogP contribution in [0.3, 0.4) is 0 Å². The van der Waals surface area contributed by atoms with E-state index in [4.69, 9.17) is 5.26 Å². The van der Waals surface area contributed by atoms with E-state index in [9.17, 15) is 0 Å². The second kappa shape index (κ2) is 5.36. The molecule has 1 saturated carbocycles. The van der Waals surface area contributed by atoms with Gasteiger partial charge in [0, 0.05) is 12.1 Å². The van der Waals surface area contributed by atoms with Crippen molar-refractivity contribution in [1.82, 2.24) is 4.90 Å². The number of hydrogen-bond donors (Lipinski definition) is 0. The normalized spacial score (nSPS) is 29.9. The van der Waals surface area contributed by atoms with E-state index >= 15 is 0 Å². The standard InChI is InChI=1S/C12H22N2/c1-10-6-4-5-7-12(10)14(3)11(2)8-9-13/h10-12H,4-8H2,1-3H3. The summed E-state index contributed by atoms with van der Waals surface area (Å²) in [5.74, 6) is 0.801. The van der Waals surface area contributed by atoms with Crippen LogP contribution < -0.4 is 0 Å². The molecule has 1 fully saturated rings. The maximum Gasteiger partial charge on any atom is 0.0638 e. The summed E-state index contributed by atoms with van der Waals surface area (Å²) in [7, 11) is 2.18. The van der Waals surface area contributed by atoms with Gasteiger partial charge in [-0.3, -0.25) is 4.90 Å². The summed E-state index contributed by atoms with van der Waals surface area (Å²) in [6.45, 7) is 4.50. The highest BCUT2D eigenvalue weighted by Crippen LogP contribution is 2.28. The molecule has 14 heavy (non-hydrogen) atoms. The Hall–Kier alpha value is -0.550. The van der Waals surface area contributed by atoms with E-state index in [2.05, 4.69) is 31.9 Å². The van der Waals surface area contributed by atoms with Gasteiger partial charge in [0.15, 0.2) is 0 Å². The quantitative estimate of drug-likeness (QED) is 0.690. The van der Waals surface area contributed by atoms with Crippen LogP contribution in [0.15, 0.2) is 0 Å². The monoisotopic (exact) mass is 194 g/mol. The van der Waals surface area contributed by atoms with E-state index in [1.807, 2.05) is 0 Å². The molecule has 0 aromatic heterocycles. The maximum absolute atomic E-state index is 8.67. The summed E-state index contributed by atoms with van der Waals surface area (Å²) in [6, 6.07) is 3.37. The van der Waals surface area contributed by atoms with Crippen LogP contribution in [0.4, 0.5) is 0 Å². The highest BCUT2D eigenvalue weighted by atomic mass is 15.2. The van der Waals surface area contributed by atoms with Crippen LogP contribution in [0.5, 0.6) is 0 Å². The fourth-order valence-electron chi connectivity index (χ4n) is 2.50. The third kappa shape index (κ3) is 2.72. The summed E-state index contributed by atoms with van der Waals surface area (Å²) in [5, 5.41) is 8.67.